The molecule has 12 heteroatoms. The number of hydrogen-bond donors (Lipinski definition) is 0. The number of esters is 5. The molecule has 0 aliphatic carbocycles. The molecule has 12 nitrogen and oxygen atoms in total. The van der Waals surface area contributed by atoms with Crippen LogP contribution in [0.15, 0.2) is 24.3 Å². The van der Waals surface area contributed by atoms with E-state index in [9.17, 15) is 24.0 Å². The van der Waals surface area contributed by atoms with Crippen molar-refractivity contribution in [3.63, 3.8) is 0 Å². The highest BCUT2D eigenvalue weighted by molar-refractivity contribution is 5.69. The van der Waals surface area contributed by atoms with Crippen molar-refractivity contribution in [2.45, 2.75) is 65.3 Å². The van der Waals surface area contributed by atoms with Gasteiger partial charge in [0, 0.05) is 34.6 Å². The number of ether oxygens (including phenoxy) is 7. The van der Waals surface area contributed by atoms with Crippen molar-refractivity contribution >= 4 is 29.8 Å². The first-order chi connectivity index (χ1) is 16.0. The molecule has 0 saturated carbocycles. The predicted octanol–water partition coefficient (Wildman–Crippen LogP) is 1.07. The van der Waals surface area contributed by atoms with Crippen LogP contribution >= 0.6 is 0 Å². The summed E-state index contributed by atoms with van der Waals surface area (Å²) >= 11 is 0. The van der Waals surface area contributed by atoms with E-state index in [-0.39, 0.29) is 18.1 Å². The average Bonchev–Trinajstić information content (AvgIpc) is 2.71. The largest absolute Gasteiger partial charge is 0.463 e. The molecule has 1 fully saturated rings. The summed E-state index contributed by atoms with van der Waals surface area (Å²) in [6, 6.07) is 5.85. The zero-order chi connectivity index (χ0) is 25.4. The molecule has 1 aromatic carbocycles. The smallest absolute Gasteiger partial charge is 0.308 e. The molecule has 0 spiro atoms. The maximum atomic E-state index is 11.8. The van der Waals surface area contributed by atoms with E-state index < -0.39 is 60.6 Å². The van der Waals surface area contributed by atoms with Gasteiger partial charge >= 0.3 is 29.8 Å². The Morgan fingerprint density at radius 3 is 1.68 bits per heavy atom. The number of carbonyl (C=O) groups excluding carboxylic acids is 5. The van der Waals surface area contributed by atoms with Crippen LogP contribution in [0.25, 0.3) is 0 Å². The van der Waals surface area contributed by atoms with E-state index in [1.165, 1.54) is 38.1 Å². The van der Waals surface area contributed by atoms with Crippen molar-refractivity contribution in [1.82, 2.24) is 0 Å². The molecule has 1 heterocycles. The third-order valence-electron chi connectivity index (χ3n) is 4.29. The summed E-state index contributed by atoms with van der Waals surface area (Å²) in [4.78, 5) is 57.8. The molecule has 0 aromatic heterocycles. The summed E-state index contributed by atoms with van der Waals surface area (Å²) in [6.45, 7) is 5.43. The van der Waals surface area contributed by atoms with Crippen LogP contribution in [0, 0.1) is 0 Å². The van der Waals surface area contributed by atoms with Crippen molar-refractivity contribution < 1.29 is 57.1 Å². The van der Waals surface area contributed by atoms with Gasteiger partial charge in [-0.3, -0.25) is 24.0 Å². The zero-order valence-electron chi connectivity index (χ0n) is 19.3. The molecular formula is C22H26O12. The van der Waals surface area contributed by atoms with Crippen molar-refractivity contribution in [2.24, 2.45) is 0 Å². The minimum atomic E-state index is -1.36. The normalized spacial score (nSPS) is 23.7. The summed E-state index contributed by atoms with van der Waals surface area (Å²) in [5.41, 5.74) is 0. The fraction of sp³-hybridized carbons (Fsp3) is 0.500. The van der Waals surface area contributed by atoms with Crippen LogP contribution in [0.1, 0.15) is 34.6 Å². The van der Waals surface area contributed by atoms with E-state index in [4.69, 9.17) is 33.2 Å². The van der Waals surface area contributed by atoms with Gasteiger partial charge < -0.3 is 33.2 Å². The molecule has 1 saturated heterocycles. The lowest BCUT2D eigenvalue weighted by Crippen LogP contribution is -2.63. The van der Waals surface area contributed by atoms with Crippen molar-refractivity contribution in [3.05, 3.63) is 24.3 Å². The number of hydrogen-bond acceptors (Lipinski definition) is 12. The van der Waals surface area contributed by atoms with Crippen LogP contribution in [0.5, 0.6) is 11.5 Å². The third-order valence-corrected chi connectivity index (χ3v) is 4.29. The minimum Gasteiger partial charge on any atom is -0.463 e. The van der Waals surface area contributed by atoms with E-state index in [1.54, 1.807) is 0 Å². The monoisotopic (exact) mass is 482 g/mol. The Morgan fingerprint density at radius 2 is 1.18 bits per heavy atom. The lowest BCUT2D eigenvalue weighted by atomic mass is 9.98. The first kappa shape index (κ1) is 26.6. The lowest BCUT2D eigenvalue weighted by molar-refractivity contribution is -0.288. The van der Waals surface area contributed by atoms with E-state index in [0.717, 1.165) is 20.8 Å². The van der Waals surface area contributed by atoms with E-state index in [1.807, 2.05) is 0 Å². The fourth-order valence-corrected chi connectivity index (χ4v) is 3.17. The molecule has 2 rings (SSSR count). The van der Waals surface area contributed by atoms with E-state index >= 15 is 0 Å². The highest BCUT2D eigenvalue weighted by atomic mass is 16.7. The molecule has 1 unspecified atom stereocenters. The molecule has 0 amide bonds. The maximum absolute atomic E-state index is 11.8. The van der Waals surface area contributed by atoms with Gasteiger partial charge in [0.05, 0.1) is 0 Å². The molecule has 0 bridgehead atoms. The molecule has 5 atom stereocenters. The molecule has 34 heavy (non-hydrogen) atoms. The van der Waals surface area contributed by atoms with Gasteiger partial charge in [0.15, 0.2) is 12.2 Å². The van der Waals surface area contributed by atoms with Crippen molar-refractivity contribution in [2.75, 3.05) is 6.61 Å². The maximum Gasteiger partial charge on any atom is 0.308 e. The molecule has 1 aliphatic rings. The quantitative estimate of drug-likeness (QED) is 0.296. The SMILES string of the molecule is CC(=O)OC[C@H]1OC(Oc2ccc(OC(C)=O)cc2)[C@H](OC(C)=O)[C@@H](OC(C)=O)[C@@H]1OC(C)=O. The standard InChI is InChI=1S/C22H26O12/c1-11(23)28-10-18-19(30-13(3)25)20(31-14(4)26)21(32-15(5)27)22(34-18)33-17-8-6-16(7-9-17)29-12(2)24/h6-9,18-22H,10H2,1-5H3/t18-,19-,20+,21-,22?/m1/s1. The van der Waals surface area contributed by atoms with Gasteiger partial charge in [0.1, 0.15) is 24.2 Å². The molecule has 0 N–H and O–H groups in total. The Bertz CT molecular complexity index is 909. The average molecular weight is 482 g/mol. The van der Waals surface area contributed by atoms with Crippen molar-refractivity contribution in [1.29, 1.82) is 0 Å². The van der Waals surface area contributed by atoms with E-state index in [0.29, 0.717) is 0 Å². The Morgan fingerprint density at radius 1 is 0.676 bits per heavy atom. The van der Waals surface area contributed by atoms with Crippen LogP contribution in [0.2, 0.25) is 0 Å². The molecule has 1 aliphatic heterocycles. The van der Waals surface area contributed by atoms with Crippen LogP contribution < -0.4 is 9.47 Å². The lowest BCUT2D eigenvalue weighted by Gasteiger charge is -2.43. The Labute approximate surface area is 195 Å². The summed E-state index contributed by atoms with van der Waals surface area (Å²) in [5.74, 6) is -2.89. The van der Waals surface area contributed by atoms with Gasteiger partial charge in [-0.05, 0) is 24.3 Å². The van der Waals surface area contributed by atoms with Gasteiger partial charge in [-0.1, -0.05) is 0 Å². The van der Waals surface area contributed by atoms with Gasteiger partial charge in [-0.2, -0.15) is 0 Å². The van der Waals surface area contributed by atoms with E-state index in [2.05, 4.69) is 0 Å². The summed E-state index contributed by atoms with van der Waals surface area (Å²) in [6.07, 6.45) is -6.47. The van der Waals surface area contributed by atoms with Gasteiger partial charge in [-0.15, -0.1) is 0 Å². The molecule has 1 aromatic rings. The number of benzene rings is 1. The number of carbonyl (C=O) groups is 5. The Balaban J connectivity index is 2.40. The van der Waals surface area contributed by atoms with Crippen LogP contribution in [0.3, 0.4) is 0 Å². The predicted molar refractivity (Wildman–Crippen MR) is 110 cm³/mol. The fourth-order valence-electron chi connectivity index (χ4n) is 3.17. The highest BCUT2D eigenvalue weighted by Gasteiger charge is 2.53. The molecular weight excluding hydrogens is 456 g/mol. The second-order valence-electron chi connectivity index (χ2n) is 7.25. The summed E-state index contributed by atoms with van der Waals surface area (Å²) in [5, 5.41) is 0. The van der Waals surface area contributed by atoms with Gasteiger partial charge in [0.25, 0.3) is 0 Å². The second kappa shape index (κ2) is 12.0. The zero-order valence-corrected chi connectivity index (χ0v) is 19.3. The van der Waals surface area contributed by atoms with Gasteiger partial charge in [-0.25, -0.2) is 0 Å². The van der Waals surface area contributed by atoms with Crippen LogP contribution in [0.4, 0.5) is 0 Å². The van der Waals surface area contributed by atoms with Crippen LogP contribution in [-0.2, 0) is 47.7 Å². The first-order valence-electron chi connectivity index (χ1n) is 10.2. The molecule has 0 radical (unpaired) electrons. The summed E-state index contributed by atoms with van der Waals surface area (Å²) in [7, 11) is 0. The Kier molecular flexibility index (Phi) is 9.36. The highest BCUT2D eigenvalue weighted by Crippen LogP contribution is 2.31. The van der Waals surface area contributed by atoms with Gasteiger partial charge in [0.2, 0.25) is 12.4 Å². The molecule has 186 valence electrons. The van der Waals surface area contributed by atoms with Crippen molar-refractivity contribution in [3.8, 4) is 11.5 Å². The third kappa shape index (κ3) is 8.03. The number of rotatable bonds is 8. The Hall–Kier alpha value is -3.67. The topological polar surface area (TPSA) is 150 Å². The minimum absolute atomic E-state index is 0.219. The van der Waals surface area contributed by atoms with Crippen LogP contribution in [-0.4, -0.2) is 67.2 Å². The second-order valence-corrected chi connectivity index (χ2v) is 7.25. The first-order valence-corrected chi connectivity index (χ1v) is 10.2. The summed E-state index contributed by atoms with van der Waals surface area (Å²) < 4.78 is 37.6.